The predicted octanol–water partition coefficient (Wildman–Crippen LogP) is 4.00. The first-order valence-corrected chi connectivity index (χ1v) is 8.81. The van der Waals surface area contributed by atoms with E-state index in [1.165, 1.54) is 0 Å². The van der Waals surface area contributed by atoms with Gasteiger partial charge < -0.3 is 14.6 Å². The van der Waals surface area contributed by atoms with Crippen LogP contribution in [0.4, 0.5) is 5.82 Å². The van der Waals surface area contributed by atoms with Crippen LogP contribution in [0.3, 0.4) is 0 Å². The van der Waals surface area contributed by atoms with Crippen molar-refractivity contribution in [3.63, 3.8) is 0 Å². The molecule has 0 spiro atoms. The van der Waals surface area contributed by atoms with E-state index in [-0.39, 0.29) is 5.91 Å². The van der Waals surface area contributed by atoms with E-state index in [9.17, 15) is 4.79 Å². The van der Waals surface area contributed by atoms with Gasteiger partial charge in [0.25, 0.3) is 5.91 Å². The number of fused-ring (bicyclic) bond motifs is 1. The van der Waals surface area contributed by atoms with Crippen LogP contribution < -0.4 is 10.1 Å². The van der Waals surface area contributed by atoms with E-state index in [1.807, 2.05) is 36.4 Å². The summed E-state index contributed by atoms with van der Waals surface area (Å²) in [5, 5.41) is 6.39. The van der Waals surface area contributed by atoms with Gasteiger partial charge in [-0.1, -0.05) is 17.3 Å². The van der Waals surface area contributed by atoms with Crippen molar-refractivity contribution in [2.75, 3.05) is 5.32 Å². The molecule has 2 heterocycles. The highest BCUT2D eigenvalue weighted by Gasteiger charge is 2.16. The Kier molecular flexibility index (Phi) is 4.72. The zero-order valence-corrected chi connectivity index (χ0v) is 15.4. The van der Waals surface area contributed by atoms with E-state index in [4.69, 9.17) is 9.26 Å². The maximum Gasteiger partial charge on any atom is 0.266 e. The van der Waals surface area contributed by atoms with Crippen molar-refractivity contribution in [3.8, 4) is 17.0 Å². The molecule has 140 valence electrons. The van der Waals surface area contributed by atoms with Gasteiger partial charge in [-0.3, -0.25) is 9.78 Å². The summed E-state index contributed by atoms with van der Waals surface area (Å²) in [4.78, 5) is 21.3. The predicted molar refractivity (Wildman–Crippen MR) is 105 cm³/mol. The van der Waals surface area contributed by atoms with Gasteiger partial charge in [0.2, 0.25) is 0 Å². The van der Waals surface area contributed by atoms with Gasteiger partial charge in [-0.2, -0.15) is 0 Å². The maximum atomic E-state index is 12.2. The first-order valence-electron chi connectivity index (χ1n) is 8.81. The van der Waals surface area contributed by atoms with E-state index in [0.717, 1.165) is 22.3 Å². The second kappa shape index (κ2) is 7.48. The number of anilines is 1. The molecule has 28 heavy (non-hydrogen) atoms. The molecular formula is C21H18N4O3. The summed E-state index contributed by atoms with van der Waals surface area (Å²) in [5.41, 5.74) is 3.39. The van der Waals surface area contributed by atoms with Crippen molar-refractivity contribution in [2.24, 2.45) is 0 Å². The molecule has 0 unspecified atom stereocenters. The van der Waals surface area contributed by atoms with Gasteiger partial charge in [-0.15, -0.1) is 0 Å². The Hall–Kier alpha value is -3.74. The van der Waals surface area contributed by atoms with Gasteiger partial charge >= 0.3 is 0 Å². The zero-order valence-electron chi connectivity index (χ0n) is 15.4. The summed E-state index contributed by atoms with van der Waals surface area (Å²) in [6.45, 7) is 3.43. The molecule has 7 nitrogen and oxygen atoms in total. The highest BCUT2D eigenvalue weighted by Crippen LogP contribution is 2.23. The number of aryl methyl sites for hydroxylation is 1. The number of carbonyl (C=O) groups is 1. The van der Waals surface area contributed by atoms with E-state index >= 15 is 0 Å². The number of ether oxygens (including phenoxy) is 1. The van der Waals surface area contributed by atoms with E-state index in [2.05, 4.69) is 20.4 Å². The lowest BCUT2D eigenvalue weighted by Crippen LogP contribution is -2.30. The van der Waals surface area contributed by atoms with Crippen LogP contribution in [0.1, 0.15) is 12.7 Å². The van der Waals surface area contributed by atoms with Gasteiger partial charge in [-0.25, -0.2) is 4.98 Å². The van der Waals surface area contributed by atoms with Crippen LogP contribution in [0.2, 0.25) is 0 Å². The van der Waals surface area contributed by atoms with Crippen LogP contribution in [-0.4, -0.2) is 27.1 Å². The molecule has 1 amide bonds. The minimum absolute atomic E-state index is 0.308. The lowest BCUT2D eigenvalue weighted by atomic mass is 10.1. The van der Waals surface area contributed by atoms with Gasteiger partial charge in [0.15, 0.2) is 11.9 Å². The third-order valence-electron chi connectivity index (χ3n) is 4.16. The molecule has 0 aliphatic carbocycles. The first kappa shape index (κ1) is 17.7. The number of hydrogen-bond donors (Lipinski definition) is 1. The third-order valence-corrected chi connectivity index (χ3v) is 4.16. The summed E-state index contributed by atoms with van der Waals surface area (Å²) >= 11 is 0. The highest BCUT2D eigenvalue weighted by molar-refractivity contribution is 5.93. The second-order valence-electron chi connectivity index (χ2n) is 6.34. The fraction of sp³-hybridized carbons (Fsp3) is 0.143. The standard InChI is InChI=1S/C21H18N4O3/c1-13-11-20(25-28-13)24-21(26)14(2)27-16-9-7-15(8-10-16)19-12-22-17-5-3-4-6-18(17)23-19/h3-12,14H,1-2H3,(H,24,25,26)/t14-/m0/s1. The Morgan fingerprint density at radius 3 is 2.57 bits per heavy atom. The number of rotatable bonds is 5. The summed E-state index contributed by atoms with van der Waals surface area (Å²) in [5.74, 6) is 1.26. The molecule has 4 aromatic rings. The molecule has 0 bridgehead atoms. The normalized spacial score (nSPS) is 11.9. The van der Waals surface area contributed by atoms with Crippen LogP contribution in [-0.2, 0) is 4.79 Å². The fourth-order valence-corrected chi connectivity index (χ4v) is 2.71. The van der Waals surface area contributed by atoms with E-state index in [1.54, 1.807) is 38.2 Å². The molecule has 0 radical (unpaired) electrons. The molecule has 4 rings (SSSR count). The first-order chi connectivity index (χ1) is 13.6. The Morgan fingerprint density at radius 2 is 1.86 bits per heavy atom. The number of carbonyl (C=O) groups excluding carboxylic acids is 1. The Labute approximate surface area is 161 Å². The largest absolute Gasteiger partial charge is 0.481 e. The van der Waals surface area contributed by atoms with Crippen LogP contribution in [0.5, 0.6) is 5.75 Å². The van der Waals surface area contributed by atoms with Crippen LogP contribution in [0.25, 0.3) is 22.3 Å². The van der Waals surface area contributed by atoms with Gasteiger partial charge in [0.05, 0.1) is 22.9 Å². The van der Waals surface area contributed by atoms with E-state index in [0.29, 0.717) is 17.3 Å². The van der Waals surface area contributed by atoms with Crippen LogP contribution in [0.15, 0.2) is 65.3 Å². The number of para-hydroxylation sites is 2. The smallest absolute Gasteiger partial charge is 0.266 e. The second-order valence-corrected chi connectivity index (χ2v) is 6.34. The summed E-state index contributed by atoms with van der Waals surface area (Å²) < 4.78 is 10.6. The molecule has 7 heteroatoms. The monoisotopic (exact) mass is 374 g/mol. The average Bonchev–Trinajstić information content (AvgIpc) is 3.12. The van der Waals surface area contributed by atoms with Gasteiger partial charge in [-0.05, 0) is 50.2 Å². The quantitative estimate of drug-likeness (QED) is 0.568. The number of amides is 1. The van der Waals surface area contributed by atoms with Crippen molar-refractivity contribution >= 4 is 22.8 Å². The van der Waals surface area contributed by atoms with Crippen LogP contribution in [0, 0.1) is 6.92 Å². The van der Waals surface area contributed by atoms with Gasteiger partial charge in [0, 0.05) is 11.6 Å². The summed E-state index contributed by atoms with van der Waals surface area (Å²) in [6, 6.07) is 16.8. The third kappa shape index (κ3) is 3.83. The van der Waals surface area contributed by atoms with Crippen molar-refractivity contribution < 1.29 is 14.1 Å². The Morgan fingerprint density at radius 1 is 1.11 bits per heavy atom. The molecule has 0 saturated heterocycles. The maximum absolute atomic E-state index is 12.2. The molecule has 2 aromatic heterocycles. The molecule has 1 atom stereocenters. The lowest BCUT2D eigenvalue weighted by molar-refractivity contribution is -0.122. The highest BCUT2D eigenvalue weighted by atomic mass is 16.5. The van der Waals surface area contributed by atoms with Crippen LogP contribution >= 0.6 is 0 Å². The SMILES string of the molecule is Cc1cc(NC(=O)[C@H](C)Oc2ccc(-c3cnc4ccccc4n3)cc2)no1. The van der Waals surface area contributed by atoms with E-state index < -0.39 is 6.10 Å². The number of aromatic nitrogens is 3. The number of hydrogen-bond acceptors (Lipinski definition) is 6. The van der Waals surface area contributed by atoms with Crippen molar-refractivity contribution in [2.45, 2.75) is 20.0 Å². The fourth-order valence-electron chi connectivity index (χ4n) is 2.71. The summed E-state index contributed by atoms with van der Waals surface area (Å²) in [7, 11) is 0. The number of benzene rings is 2. The van der Waals surface area contributed by atoms with Gasteiger partial charge in [0.1, 0.15) is 11.5 Å². The minimum atomic E-state index is -0.691. The topological polar surface area (TPSA) is 90.1 Å². The van der Waals surface area contributed by atoms with Crippen molar-refractivity contribution in [1.29, 1.82) is 0 Å². The Balaban J connectivity index is 1.44. The van der Waals surface area contributed by atoms with Crippen molar-refractivity contribution in [1.82, 2.24) is 15.1 Å². The lowest BCUT2D eigenvalue weighted by Gasteiger charge is -2.14. The molecule has 0 fully saturated rings. The minimum Gasteiger partial charge on any atom is -0.481 e. The Bertz CT molecular complexity index is 1120. The molecule has 0 aliphatic heterocycles. The molecule has 2 aromatic carbocycles. The number of nitrogens with one attached hydrogen (secondary N) is 1. The zero-order chi connectivity index (χ0) is 19.5. The average molecular weight is 374 g/mol. The molecule has 1 N–H and O–H groups in total. The van der Waals surface area contributed by atoms with Crippen molar-refractivity contribution in [3.05, 3.63) is 66.6 Å². The molecule has 0 saturated carbocycles. The molecule has 0 aliphatic rings. The number of nitrogens with zero attached hydrogens (tertiary/aromatic N) is 3. The molecular weight excluding hydrogens is 356 g/mol. The summed E-state index contributed by atoms with van der Waals surface area (Å²) in [6.07, 6.45) is 1.05.